The van der Waals surface area contributed by atoms with Crippen LogP contribution in [0.3, 0.4) is 0 Å². The van der Waals surface area contributed by atoms with E-state index in [0.717, 1.165) is 25.9 Å². The van der Waals surface area contributed by atoms with E-state index >= 15 is 0 Å². The average Bonchev–Trinajstić information content (AvgIpc) is 2.70. The molecule has 0 radical (unpaired) electrons. The van der Waals surface area contributed by atoms with Crippen molar-refractivity contribution in [2.75, 3.05) is 25.5 Å². The van der Waals surface area contributed by atoms with Gasteiger partial charge in [0, 0.05) is 24.8 Å². The zero-order chi connectivity index (χ0) is 20.1. The number of ether oxygens (including phenoxy) is 2. The van der Waals surface area contributed by atoms with E-state index in [1.54, 1.807) is 37.3 Å². The van der Waals surface area contributed by atoms with Crippen LogP contribution >= 0.6 is 0 Å². The molecule has 1 N–H and O–H groups in total. The highest BCUT2D eigenvalue weighted by Gasteiger charge is 2.24. The molecule has 0 bridgehead atoms. The number of benzene rings is 2. The molecule has 2 aromatic rings. The highest BCUT2D eigenvalue weighted by Crippen LogP contribution is 2.33. The van der Waals surface area contributed by atoms with Gasteiger partial charge in [-0.3, -0.25) is 4.79 Å². The Hall–Kier alpha value is -2.76. The largest absolute Gasteiger partial charge is 0.493 e. The number of hydrogen-bond donors (Lipinski definition) is 1. The summed E-state index contributed by atoms with van der Waals surface area (Å²) >= 11 is 0. The van der Waals surface area contributed by atoms with Crippen molar-refractivity contribution in [2.24, 2.45) is 5.92 Å². The summed E-state index contributed by atoms with van der Waals surface area (Å²) < 4.78 is 25.4. The summed E-state index contributed by atoms with van der Waals surface area (Å²) in [5.74, 6) is 1.26. The monoisotopic (exact) mass is 386 g/mol. The lowest BCUT2D eigenvalue weighted by atomic mass is 9.99. The predicted octanol–water partition coefficient (Wildman–Crippen LogP) is 4.69. The van der Waals surface area contributed by atoms with Crippen molar-refractivity contribution in [3.8, 4) is 17.2 Å². The Morgan fingerprint density at radius 3 is 2.46 bits per heavy atom. The number of methoxy groups -OCH3 is 1. The molecule has 0 aromatic heterocycles. The van der Waals surface area contributed by atoms with E-state index in [2.05, 4.69) is 12.2 Å². The lowest BCUT2D eigenvalue weighted by Crippen LogP contribution is -2.45. The number of nitrogens with zero attached hydrogens (tertiary/aromatic N) is 1. The van der Waals surface area contributed by atoms with Crippen LogP contribution in [0.5, 0.6) is 17.2 Å². The molecular formula is C22H27FN2O3. The van der Waals surface area contributed by atoms with Crippen LogP contribution in [0.4, 0.5) is 10.1 Å². The van der Waals surface area contributed by atoms with Crippen LogP contribution in [0.25, 0.3) is 0 Å². The van der Waals surface area contributed by atoms with Crippen molar-refractivity contribution < 1.29 is 18.7 Å². The third-order valence-electron chi connectivity index (χ3n) is 5.07. The minimum atomic E-state index is -0.512. The van der Waals surface area contributed by atoms with E-state index in [4.69, 9.17) is 9.47 Å². The molecule has 1 unspecified atom stereocenters. The second-order valence-electron chi connectivity index (χ2n) is 7.27. The number of likely N-dealkylation sites (tertiary alicyclic amines) is 1. The molecule has 0 aliphatic carbocycles. The van der Waals surface area contributed by atoms with Gasteiger partial charge in [-0.1, -0.05) is 19.1 Å². The number of anilines is 1. The number of carbonyl (C=O) groups is 1. The quantitative estimate of drug-likeness (QED) is 0.783. The second-order valence-corrected chi connectivity index (χ2v) is 7.27. The number of amides is 1. The van der Waals surface area contributed by atoms with Crippen LogP contribution in [-0.2, 0) is 4.79 Å². The van der Waals surface area contributed by atoms with Gasteiger partial charge in [-0.05, 0) is 49.9 Å². The van der Waals surface area contributed by atoms with Crippen LogP contribution in [0.2, 0.25) is 0 Å². The molecule has 28 heavy (non-hydrogen) atoms. The van der Waals surface area contributed by atoms with Crippen LogP contribution in [0.1, 0.15) is 26.7 Å². The van der Waals surface area contributed by atoms with Gasteiger partial charge >= 0.3 is 0 Å². The second kappa shape index (κ2) is 8.95. The first kappa shape index (κ1) is 20.0. The molecule has 1 aliphatic rings. The van der Waals surface area contributed by atoms with Gasteiger partial charge in [-0.25, -0.2) is 4.39 Å². The minimum Gasteiger partial charge on any atom is -0.493 e. The lowest BCUT2D eigenvalue weighted by Gasteiger charge is -2.32. The first-order valence-electron chi connectivity index (χ1n) is 9.63. The first-order chi connectivity index (χ1) is 13.5. The molecule has 1 heterocycles. The summed E-state index contributed by atoms with van der Waals surface area (Å²) in [4.78, 5) is 14.5. The first-order valence-corrected chi connectivity index (χ1v) is 9.63. The highest BCUT2D eigenvalue weighted by molar-refractivity contribution is 5.84. The van der Waals surface area contributed by atoms with E-state index < -0.39 is 11.9 Å². The van der Waals surface area contributed by atoms with Gasteiger partial charge in [0.25, 0.3) is 0 Å². The molecule has 5 nitrogen and oxygen atoms in total. The third-order valence-corrected chi connectivity index (χ3v) is 5.07. The van der Waals surface area contributed by atoms with Crippen molar-refractivity contribution in [3.63, 3.8) is 0 Å². The molecule has 1 amide bonds. The van der Waals surface area contributed by atoms with Crippen molar-refractivity contribution in [1.29, 1.82) is 0 Å². The van der Waals surface area contributed by atoms with E-state index in [0.29, 0.717) is 23.1 Å². The molecule has 150 valence electrons. The number of nitrogens with one attached hydrogen (secondary N) is 1. The Labute approximate surface area is 165 Å². The minimum absolute atomic E-state index is 0.0432. The number of hydrogen-bond acceptors (Lipinski definition) is 4. The van der Waals surface area contributed by atoms with Crippen molar-refractivity contribution in [3.05, 3.63) is 48.3 Å². The lowest BCUT2D eigenvalue weighted by molar-refractivity contribution is -0.132. The molecule has 1 fully saturated rings. The van der Waals surface area contributed by atoms with Crippen LogP contribution in [-0.4, -0.2) is 37.0 Å². The average molecular weight is 386 g/mol. The van der Waals surface area contributed by atoms with Crippen molar-refractivity contribution >= 4 is 11.6 Å². The van der Waals surface area contributed by atoms with Gasteiger partial charge in [-0.15, -0.1) is 0 Å². The summed E-state index contributed by atoms with van der Waals surface area (Å²) in [6.45, 7) is 5.58. The number of halogens is 1. The fourth-order valence-electron chi connectivity index (χ4n) is 3.31. The summed E-state index contributed by atoms with van der Waals surface area (Å²) in [7, 11) is 1.53. The van der Waals surface area contributed by atoms with Gasteiger partial charge in [-0.2, -0.15) is 0 Å². The van der Waals surface area contributed by atoms with Gasteiger partial charge in [0.1, 0.15) is 6.04 Å². The van der Waals surface area contributed by atoms with Crippen LogP contribution < -0.4 is 14.8 Å². The Bertz CT molecular complexity index is 819. The Kier molecular flexibility index (Phi) is 6.39. The molecular weight excluding hydrogens is 359 g/mol. The van der Waals surface area contributed by atoms with E-state index in [-0.39, 0.29) is 11.7 Å². The normalized spacial score (nSPS) is 15.8. The SMILES string of the molecule is COc1ccccc1Oc1ccc(NC(C)C(=O)N2CCC(C)CC2)cc1F. The van der Waals surface area contributed by atoms with Crippen molar-refractivity contribution in [1.82, 2.24) is 4.90 Å². The standard InChI is InChI=1S/C22H27FN2O3/c1-15-10-12-25(13-11-15)22(26)16(2)24-17-8-9-19(18(23)14-17)28-21-7-5-4-6-20(21)27-3/h4-9,14-16,24H,10-13H2,1-3H3. The molecule has 0 spiro atoms. The number of para-hydroxylation sites is 2. The molecule has 1 atom stereocenters. The molecule has 0 saturated carbocycles. The van der Waals surface area contributed by atoms with Gasteiger partial charge in [0.05, 0.1) is 7.11 Å². The zero-order valence-electron chi connectivity index (χ0n) is 16.6. The summed E-state index contributed by atoms with van der Waals surface area (Å²) in [5, 5.41) is 3.09. The highest BCUT2D eigenvalue weighted by atomic mass is 19.1. The maximum absolute atomic E-state index is 14.5. The predicted molar refractivity (Wildman–Crippen MR) is 108 cm³/mol. The topological polar surface area (TPSA) is 50.8 Å². The molecule has 6 heteroatoms. The fraction of sp³-hybridized carbons (Fsp3) is 0.409. The maximum Gasteiger partial charge on any atom is 0.244 e. The third kappa shape index (κ3) is 4.74. The summed E-state index contributed by atoms with van der Waals surface area (Å²) in [5.41, 5.74) is 0.538. The number of piperidine rings is 1. The van der Waals surface area contributed by atoms with Crippen LogP contribution in [0.15, 0.2) is 42.5 Å². The molecule has 2 aromatic carbocycles. The molecule has 1 saturated heterocycles. The zero-order valence-corrected chi connectivity index (χ0v) is 16.6. The van der Waals surface area contributed by atoms with Gasteiger partial charge in [0.15, 0.2) is 23.1 Å². The van der Waals surface area contributed by atoms with Gasteiger partial charge in [0.2, 0.25) is 5.91 Å². The Morgan fingerprint density at radius 1 is 1.14 bits per heavy atom. The Balaban J connectivity index is 1.64. The molecule has 1 aliphatic heterocycles. The van der Waals surface area contributed by atoms with E-state index in [1.807, 2.05) is 11.0 Å². The summed E-state index contributed by atoms with van der Waals surface area (Å²) in [6.07, 6.45) is 2.06. The van der Waals surface area contributed by atoms with E-state index in [9.17, 15) is 9.18 Å². The van der Waals surface area contributed by atoms with E-state index in [1.165, 1.54) is 13.2 Å². The number of carbonyl (C=O) groups excluding carboxylic acids is 1. The summed E-state index contributed by atoms with van der Waals surface area (Å²) in [6, 6.07) is 11.2. The number of rotatable bonds is 6. The van der Waals surface area contributed by atoms with Crippen LogP contribution in [0, 0.1) is 11.7 Å². The smallest absolute Gasteiger partial charge is 0.244 e. The molecule has 3 rings (SSSR count). The maximum atomic E-state index is 14.5. The van der Waals surface area contributed by atoms with Gasteiger partial charge < -0.3 is 19.7 Å². The Morgan fingerprint density at radius 2 is 1.82 bits per heavy atom. The van der Waals surface area contributed by atoms with Crippen molar-refractivity contribution in [2.45, 2.75) is 32.7 Å². The fourth-order valence-corrected chi connectivity index (χ4v) is 3.31.